The van der Waals surface area contributed by atoms with Gasteiger partial charge in [-0.25, -0.2) is 4.98 Å². The standard InChI is InChI=1S/C20H24N4O2/c1-16-4-2-6-18(22-16)23-10-7-20(8-11-23)15-24(12-13-26-20)19(25)17-5-3-9-21-14-17/h2-6,9,14H,7-8,10-13,15H2,1H3. The maximum Gasteiger partial charge on any atom is 0.255 e. The highest BCUT2D eigenvalue weighted by Crippen LogP contribution is 2.32. The second-order valence-electron chi connectivity index (χ2n) is 7.12. The van der Waals surface area contributed by atoms with Gasteiger partial charge in [0.25, 0.3) is 5.91 Å². The first-order valence-electron chi connectivity index (χ1n) is 9.17. The maximum atomic E-state index is 12.8. The van der Waals surface area contributed by atoms with Crippen molar-refractivity contribution in [2.24, 2.45) is 0 Å². The Bertz CT molecular complexity index is 772. The number of hydrogen-bond donors (Lipinski definition) is 0. The van der Waals surface area contributed by atoms with Crippen molar-refractivity contribution in [3.63, 3.8) is 0 Å². The lowest BCUT2D eigenvalue weighted by Crippen LogP contribution is -2.58. The molecule has 4 heterocycles. The van der Waals surface area contributed by atoms with Crippen LogP contribution in [0.5, 0.6) is 0 Å². The molecule has 0 aliphatic carbocycles. The van der Waals surface area contributed by atoms with Crippen LogP contribution in [0.1, 0.15) is 28.9 Å². The summed E-state index contributed by atoms with van der Waals surface area (Å²) in [6, 6.07) is 9.75. The molecule has 0 N–H and O–H groups in total. The average molecular weight is 352 g/mol. The van der Waals surface area contributed by atoms with Crippen molar-refractivity contribution in [3.8, 4) is 0 Å². The molecule has 0 bridgehead atoms. The van der Waals surface area contributed by atoms with Gasteiger partial charge in [-0.2, -0.15) is 0 Å². The third-order valence-electron chi connectivity index (χ3n) is 5.32. The van der Waals surface area contributed by atoms with Gasteiger partial charge in [0.15, 0.2) is 0 Å². The predicted molar refractivity (Wildman–Crippen MR) is 99.2 cm³/mol. The number of hydrogen-bond acceptors (Lipinski definition) is 5. The van der Waals surface area contributed by atoms with Gasteiger partial charge in [-0.3, -0.25) is 9.78 Å². The van der Waals surface area contributed by atoms with Crippen LogP contribution >= 0.6 is 0 Å². The van der Waals surface area contributed by atoms with Crippen molar-refractivity contribution in [1.29, 1.82) is 0 Å². The molecule has 136 valence electrons. The molecule has 2 aliphatic heterocycles. The molecule has 0 aromatic carbocycles. The normalized spacial score (nSPS) is 19.6. The van der Waals surface area contributed by atoms with Gasteiger partial charge in [0.2, 0.25) is 0 Å². The van der Waals surface area contributed by atoms with Crippen LogP contribution in [-0.2, 0) is 4.74 Å². The second kappa shape index (κ2) is 7.03. The van der Waals surface area contributed by atoms with E-state index in [0.29, 0.717) is 25.3 Å². The zero-order valence-electron chi connectivity index (χ0n) is 15.1. The van der Waals surface area contributed by atoms with Crippen molar-refractivity contribution in [3.05, 3.63) is 54.0 Å². The number of carbonyl (C=O) groups excluding carboxylic acids is 1. The van der Waals surface area contributed by atoms with E-state index in [0.717, 1.165) is 37.4 Å². The number of nitrogens with zero attached hydrogens (tertiary/aromatic N) is 4. The van der Waals surface area contributed by atoms with Crippen molar-refractivity contribution in [2.45, 2.75) is 25.4 Å². The third kappa shape index (κ3) is 3.42. The zero-order chi connectivity index (χ0) is 18.0. The number of rotatable bonds is 2. The molecule has 0 unspecified atom stereocenters. The summed E-state index contributed by atoms with van der Waals surface area (Å²) in [5, 5.41) is 0. The van der Waals surface area contributed by atoms with Crippen molar-refractivity contribution in [1.82, 2.24) is 14.9 Å². The molecule has 2 aromatic heterocycles. The van der Waals surface area contributed by atoms with Crippen LogP contribution in [0.15, 0.2) is 42.7 Å². The van der Waals surface area contributed by atoms with Crippen LogP contribution in [0.25, 0.3) is 0 Å². The van der Waals surface area contributed by atoms with Crippen LogP contribution in [-0.4, -0.2) is 59.2 Å². The number of carbonyl (C=O) groups is 1. The van der Waals surface area contributed by atoms with Crippen LogP contribution in [0.3, 0.4) is 0 Å². The number of aromatic nitrogens is 2. The van der Waals surface area contributed by atoms with E-state index in [1.165, 1.54) is 0 Å². The summed E-state index contributed by atoms with van der Waals surface area (Å²) in [5.74, 6) is 1.07. The molecule has 0 atom stereocenters. The number of morpholine rings is 1. The van der Waals surface area contributed by atoms with Crippen molar-refractivity contribution >= 4 is 11.7 Å². The molecule has 2 aromatic rings. The Morgan fingerprint density at radius 1 is 1.15 bits per heavy atom. The van der Waals surface area contributed by atoms with Gasteiger partial charge in [0.05, 0.1) is 24.3 Å². The summed E-state index contributed by atoms with van der Waals surface area (Å²) in [7, 11) is 0. The highest BCUT2D eigenvalue weighted by molar-refractivity contribution is 5.94. The minimum absolute atomic E-state index is 0.0450. The van der Waals surface area contributed by atoms with Crippen molar-refractivity contribution in [2.75, 3.05) is 37.7 Å². The molecule has 2 saturated heterocycles. The number of aryl methyl sites for hydroxylation is 1. The Balaban J connectivity index is 1.43. The zero-order valence-corrected chi connectivity index (χ0v) is 15.1. The first kappa shape index (κ1) is 17.0. The molecule has 0 saturated carbocycles. The lowest BCUT2D eigenvalue weighted by atomic mass is 9.89. The molecule has 26 heavy (non-hydrogen) atoms. The Morgan fingerprint density at radius 3 is 2.73 bits per heavy atom. The number of amides is 1. The first-order valence-corrected chi connectivity index (χ1v) is 9.17. The summed E-state index contributed by atoms with van der Waals surface area (Å²) in [6.07, 6.45) is 5.13. The quantitative estimate of drug-likeness (QED) is 0.830. The Morgan fingerprint density at radius 2 is 2.00 bits per heavy atom. The molecule has 1 amide bonds. The van der Waals surface area contributed by atoms with Crippen LogP contribution in [0.4, 0.5) is 5.82 Å². The summed E-state index contributed by atoms with van der Waals surface area (Å²) >= 11 is 0. The van der Waals surface area contributed by atoms with E-state index in [2.05, 4.69) is 20.9 Å². The summed E-state index contributed by atoms with van der Waals surface area (Å²) in [4.78, 5) is 25.7. The molecular formula is C20H24N4O2. The monoisotopic (exact) mass is 352 g/mol. The fourth-order valence-electron chi connectivity index (χ4n) is 3.84. The van der Waals surface area contributed by atoms with E-state index in [-0.39, 0.29) is 11.5 Å². The SMILES string of the molecule is Cc1cccc(N2CCC3(CC2)CN(C(=O)c2cccnc2)CCO3)n1. The molecule has 2 fully saturated rings. The van der Waals surface area contributed by atoms with E-state index < -0.39 is 0 Å². The maximum absolute atomic E-state index is 12.8. The molecule has 6 nitrogen and oxygen atoms in total. The van der Waals surface area contributed by atoms with Gasteiger partial charge in [-0.1, -0.05) is 6.07 Å². The average Bonchev–Trinajstić information content (AvgIpc) is 2.69. The highest BCUT2D eigenvalue weighted by Gasteiger charge is 2.41. The summed E-state index contributed by atoms with van der Waals surface area (Å²) in [5.41, 5.74) is 1.44. The fraction of sp³-hybridized carbons (Fsp3) is 0.450. The first-order chi connectivity index (χ1) is 12.7. The van der Waals surface area contributed by atoms with E-state index >= 15 is 0 Å². The smallest absolute Gasteiger partial charge is 0.255 e. The Labute approximate surface area is 153 Å². The van der Waals surface area contributed by atoms with E-state index in [9.17, 15) is 4.79 Å². The number of anilines is 1. The number of piperidine rings is 1. The summed E-state index contributed by atoms with van der Waals surface area (Å²) in [6.45, 7) is 5.68. The molecular weight excluding hydrogens is 328 g/mol. The lowest BCUT2D eigenvalue weighted by molar-refractivity contribution is -0.111. The molecule has 6 heteroatoms. The van der Waals surface area contributed by atoms with E-state index in [4.69, 9.17) is 4.74 Å². The van der Waals surface area contributed by atoms with Crippen LogP contribution < -0.4 is 4.90 Å². The third-order valence-corrected chi connectivity index (χ3v) is 5.32. The minimum Gasteiger partial charge on any atom is -0.371 e. The number of pyridine rings is 2. The van der Waals surface area contributed by atoms with Gasteiger partial charge >= 0.3 is 0 Å². The fourth-order valence-corrected chi connectivity index (χ4v) is 3.84. The second-order valence-corrected chi connectivity index (χ2v) is 7.12. The van der Waals surface area contributed by atoms with Gasteiger partial charge in [0, 0.05) is 37.7 Å². The van der Waals surface area contributed by atoms with Gasteiger partial charge in [0.1, 0.15) is 5.82 Å². The predicted octanol–water partition coefficient (Wildman–Crippen LogP) is 2.30. The van der Waals surface area contributed by atoms with Gasteiger partial charge < -0.3 is 14.5 Å². The topological polar surface area (TPSA) is 58.6 Å². The molecule has 1 spiro atoms. The molecule has 2 aliphatic rings. The van der Waals surface area contributed by atoms with Crippen LogP contribution in [0, 0.1) is 6.92 Å². The van der Waals surface area contributed by atoms with E-state index in [1.54, 1.807) is 18.5 Å². The molecule has 4 rings (SSSR count). The van der Waals surface area contributed by atoms with Crippen molar-refractivity contribution < 1.29 is 9.53 Å². The van der Waals surface area contributed by atoms with Gasteiger partial charge in [-0.15, -0.1) is 0 Å². The Hall–Kier alpha value is -2.47. The van der Waals surface area contributed by atoms with E-state index in [1.807, 2.05) is 30.0 Å². The van der Waals surface area contributed by atoms with Gasteiger partial charge in [-0.05, 0) is 44.0 Å². The highest BCUT2D eigenvalue weighted by atomic mass is 16.5. The minimum atomic E-state index is -0.240. The Kier molecular flexibility index (Phi) is 4.59. The largest absolute Gasteiger partial charge is 0.371 e. The molecule has 0 radical (unpaired) electrons. The van der Waals surface area contributed by atoms with Crippen LogP contribution in [0.2, 0.25) is 0 Å². The summed E-state index contributed by atoms with van der Waals surface area (Å²) < 4.78 is 6.17. The number of ether oxygens (including phenoxy) is 1. The lowest BCUT2D eigenvalue weighted by Gasteiger charge is -2.47.